The monoisotopic (exact) mass is 224 g/mol. The Morgan fingerprint density at radius 2 is 2.62 bits per heavy atom. The molecule has 16 heavy (non-hydrogen) atoms. The van der Waals surface area contributed by atoms with Crippen molar-refractivity contribution >= 4 is 5.97 Å². The molecule has 1 aliphatic rings. The maximum Gasteiger partial charge on any atom is 0.360 e. The lowest BCUT2D eigenvalue weighted by Crippen LogP contribution is -2.31. The first-order chi connectivity index (χ1) is 7.81. The molecule has 0 aliphatic carbocycles. The lowest BCUT2D eigenvalue weighted by atomic mass is 10.1. The van der Waals surface area contributed by atoms with E-state index in [4.69, 9.17) is 4.74 Å². The fourth-order valence-corrected chi connectivity index (χ4v) is 1.81. The number of piperidine rings is 1. The standard InChI is InChI=1S/C10H16N4O2/c1-2-16-10(15)9-7-14(13-12-9)8-4-3-5-11-6-8/h7-8,11H,2-6H2,1H3/t8-/m0/s1. The third-order valence-corrected chi connectivity index (χ3v) is 2.64. The van der Waals surface area contributed by atoms with Crippen LogP contribution in [-0.2, 0) is 4.74 Å². The molecule has 1 N–H and O–H groups in total. The zero-order valence-electron chi connectivity index (χ0n) is 9.35. The summed E-state index contributed by atoms with van der Waals surface area (Å²) < 4.78 is 6.61. The minimum absolute atomic E-state index is 0.285. The van der Waals surface area contributed by atoms with E-state index < -0.39 is 5.97 Å². The lowest BCUT2D eigenvalue weighted by molar-refractivity contribution is 0.0519. The van der Waals surface area contributed by atoms with Crippen LogP contribution in [0.3, 0.4) is 0 Å². The number of ether oxygens (including phenoxy) is 1. The Morgan fingerprint density at radius 1 is 1.75 bits per heavy atom. The molecule has 0 radical (unpaired) electrons. The summed E-state index contributed by atoms with van der Waals surface area (Å²) in [7, 11) is 0. The van der Waals surface area contributed by atoms with Gasteiger partial charge in [-0.1, -0.05) is 5.21 Å². The van der Waals surface area contributed by atoms with Gasteiger partial charge in [-0.3, -0.25) is 0 Å². The Labute approximate surface area is 94.0 Å². The van der Waals surface area contributed by atoms with Crippen LogP contribution in [0.25, 0.3) is 0 Å². The van der Waals surface area contributed by atoms with Gasteiger partial charge in [0.15, 0.2) is 5.69 Å². The first kappa shape index (κ1) is 11.1. The van der Waals surface area contributed by atoms with Gasteiger partial charge in [-0.05, 0) is 26.3 Å². The molecule has 0 bridgehead atoms. The summed E-state index contributed by atoms with van der Waals surface area (Å²) in [4.78, 5) is 11.4. The Balaban J connectivity index is 2.03. The first-order valence-corrected chi connectivity index (χ1v) is 5.61. The minimum atomic E-state index is -0.405. The van der Waals surface area contributed by atoms with Crippen molar-refractivity contribution in [3.63, 3.8) is 0 Å². The Kier molecular flexibility index (Phi) is 3.51. The number of nitrogens with one attached hydrogen (secondary N) is 1. The zero-order chi connectivity index (χ0) is 11.4. The summed E-state index contributed by atoms with van der Waals surface area (Å²) in [6.07, 6.45) is 3.85. The predicted molar refractivity (Wildman–Crippen MR) is 57.1 cm³/mol. The van der Waals surface area contributed by atoms with E-state index in [1.807, 2.05) is 0 Å². The van der Waals surface area contributed by atoms with Gasteiger partial charge in [-0.15, -0.1) is 5.10 Å². The maximum absolute atomic E-state index is 11.4. The molecule has 88 valence electrons. The second-order valence-corrected chi connectivity index (χ2v) is 3.80. The van der Waals surface area contributed by atoms with Crippen LogP contribution in [0.15, 0.2) is 6.20 Å². The predicted octanol–water partition coefficient (Wildman–Crippen LogP) is 0.379. The van der Waals surface area contributed by atoms with Gasteiger partial charge in [0.1, 0.15) is 0 Å². The van der Waals surface area contributed by atoms with E-state index in [0.717, 1.165) is 25.9 Å². The van der Waals surface area contributed by atoms with Crippen molar-refractivity contribution in [2.75, 3.05) is 19.7 Å². The molecule has 1 aromatic rings. The molecule has 2 heterocycles. The van der Waals surface area contributed by atoms with Gasteiger partial charge in [0.05, 0.1) is 18.8 Å². The molecule has 1 fully saturated rings. The van der Waals surface area contributed by atoms with Crippen LogP contribution < -0.4 is 5.32 Å². The second kappa shape index (κ2) is 5.07. The van der Waals surface area contributed by atoms with Gasteiger partial charge in [0, 0.05) is 6.54 Å². The highest BCUT2D eigenvalue weighted by atomic mass is 16.5. The summed E-state index contributed by atoms with van der Waals surface area (Å²) in [6.45, 7) is 4.06. The van der Waals surface area contributed by atoms with Crippen molar-refractivity contribution in [2.24, 2.45) is 0 Å². The number of carbonyl (C=O) groups excluding carboxylic acids is 1. The van der Waals surface area contributed by atoms with Crippen LogP contribution in [0.5, 0.6) is 0 Å². The summed E-state index contributed by atoms with van der Waals surface area (Å²) >= 11 is 0. The number of aromatic nitrogens is 3. The average molecular weight is 224 g/mol. The Bertz CT molecular complexity index is 357. The molecule has 0 spiro atoms. The number of hydrogen-bond donors (Lipinski definition) is 1. The van der Waals surface area contributed by atoms with Gasteiger partial charge in [0.25, 0.3) is 0 Å². The van der Waals surface area contributed by atoms with Crippen molar-refractivity contribution in [1.29, 1.82) is 0 Å². The normalized spacial score (nSPS) is 20.7. The molecule has 1 saturated heterocycles. The summed E-state index contributed by atoms with van der Waals surface area (Å²) in [5.41, 5.74) is 0.285. The van der Waals surface area contributed by atoms with Crippen LogP contribution in [-0.4, -0.2) is 40.7 Å². The van der Waals surface area contributed by atoms with E-state index in [9.17, 15) is 4.79 Å². The molecule has 0 aromatic carbocycles. The van der Waals surface area contributed by atoms with Crippen molar-refractivity contribution < 1.29 is 9.53 Å². The topological polar surface area (TPSA) is 69.0 Å². The molecular weight excluding hydrogens is 208 g/mol. The molecule has 0 saturated carbocycles. The largest absolute Gasteiger partial charge is 0.461 e. The molecule has 1 atom stereocenters. The summed E-state index contributed by atoms with van der Waals surface area (Å²) in [6, 6.07) is 0.296. The maximum atomic E-state index is 11.4. The van der Waals surface area contributed by atoms with E-state index in [-0.39, 0.29) is 5.69 Å². The van der Waals surface area contributed by atoms with E-state index in [0.29, 0.717) is 12.6 Å². The quantitative estimate of drug-likeness (QED) is 0.752. The SMILES string of the molecule is CCOC(=O)c1cn([C@H]2CCCNC2)nn1. The zero-order valence-corrected chi connectivity index (χ0v) is 9.35. The molecule has 0 unspecified atom stereocenters. The molecule has 2 rings (SSSR count). The van der Waals surface area contributed by atoms with E-state index in [1.54, 1.807) is 17.8 Å². The van der Waals surface area contributed by atoms with Crippen LogP contribution in [0.4, 0.5) is 0 Å². The molecule has 1 aliphatic heterocycles. The lowest BCUT2D eigenvalue weighted by Gasteiger charge is -2.22. The van der Waals surface area contributed by atoms with Gasteiger partial charge >= 0.3 is 5.97 Å². The summed E-state index contributed by atoms with van der Waals surface area (Å²) in [5, 5.41) is 11.1. The highest BCUT2D eigenvalue weighted by Gasteiger charge is 2.18. The molecule has 6 heteroatoms. The second-order valence-electron chi connectivity index (χ2n) is 3.80. The third kappa shape index (κ3) is 2.38. The molecule has 6 nitrogen and oxygen atoms in total. The number of hydrogen-bond acceptors (Lipinski definition) is 5. The summed E-state index contributed by atoms with van der Waals surface area (Å²) in [5.74, 6) is -0.405. The number of carbonyl (C=O) groups is 1. The number of nitrogens with zero attached hydrogens (tertiary/aromatic N) is 3. The smallest absolute Gasteiger partial charge is 0.360 e. The minimum Gasteiger partial charge on any atom is -0.461 e. The highest BCUT2D eigenvalue weighted by Crippen LogP contribution is 2.15. The fourth-order valence-electron chi connectivity index (χ4n) is 1.81. The van der Waals surface area contributed by atoms with Crippen molar-refractivity contribution in [3.05, 3.63) is 11.9 Å². The van der Waals surface area contributed by atoms with Gasteiger partial charge in [-0.2, -0.15) is 0 Å². The molecule has 1 aromatic heterocycles. The van der Waals surface area contributed by atoms with Crippen LogP contribution >= 0.6 is 0 Å². The van der Waals surface area contributed by atoms with E-state index >= 15 is 0 Å². The van der Waals surface area contributed by atoms with Crippen molar-refractivity contribution in [2.45, 2.75) is 25.8 Å². The van der Waals surface area contributed by atoms with Crippen molar-refractivity contribution in [3.8, 4) is 0 Å². The highest BCUT2D eigenvalue weighted by molar-refractivity contribution is 5.86. The number of rotatable bonds is 3. The van der Waals surface area contributed by atoms with Crippen LogP contribution in [0.1, 0.15) is 36.3 Å². The third-order valence-electron chi connectivity index (χ3n) is 2.64. The van der Waals surface area contributed by atoms with Crippen LogP contribution in [0, 0.1) is 0 Å². The van der Waals surface area contributed by atoms with Crippen molar-refractivity contribution in [1.82, 2.24) is 20.3 Å². The van der Waals surface area contributed by atoms with Crippen LogP contribution in [0.2, 0.25) is 0 Å². The first-order valence-electron chi connectivity index (χ1n) is 5.61. The van der Waals surface area contributed by atoms with Gasteiger partial charge < -0.3 is 10.1 Å². The molecule has 0 amide bonds. The average Bonchev–Trinajstić information content (AvgIpc) is 2.80. The molecular formula is C10H16N4O2. The van der Waals surface area contributed by atoms with Gasteiger partial charge in [0.2, 0.25) is 0 Å². The van der Waals surface area contributed by atoms with E-state index in [1.165, 1.54) is 0 Å². The Hall–Kier alpha value is -1.43. The number of esters is 1. The fraction of sp³-hybridized carbons (Fsp3) is 0.700. The Morgan fingerprint density at radius 3 is 3.31 bits per heavy atom. The van der Waals surface area contributed by atoms with E-state index in [2.05, 4.69) is 15.6 Å². The van der Waals surface area contributed by atoms with Gasteiger partial charge in [-0.25, -0.2) is 9.48 Å².